The van der Waals surface area contributed by atoms with Gasteiger partial charge in [-0.3, -0.25) is 0 Å². The fourth-order valence-corrected chi connectivity index (χ4v) is 2.85. The molecule has 0 saturated carbocycles. The van der Waals surface area contributed by atoms with Crippen LogP contribution in [0.1, 0.15) is 31.8 Å². The van der Waals surface area contributed by atoms with Crippen LogP contribution in [0.15, 0.2) is 60.7 Å². The van der Waals surface area contributed by atoms with Crippen LogP contribution in [0.3, 0.4) is 0 Å². The summed E-state index contributed by atoms with van der Waals surface area (Å²) in [4.78, 5) is 36.1. The van der Waals surface area contributed by atoms with Crippen molar-refractivity contribution in [3.63, 3.8) is 0 Å². The summed E-state index contributed by atoms with van der Waals surface area (Å²) in [6, 6.07) is 14.9. The molecule has 0 amide bonds. The van der Waals surface area contributed by atoms with E-state index in [4.69, 9.17) is 24.2 Å². The number of ether oxygens (including phenoxy) is 4. The van der Waals surface area contributed by atoms with Gasteiger partial charge < -0.3 is 18.9 Å². The molecular weight excluding hydrogens is 464 g/mol. The van der Waals surface area contributed by atoms with E-state index in [0.717, 1.165) is 12.1 Å². The summed E-state index contributed by atoms with van der Waals surface area (Å²) in [7, 11) is 0. The van der Waals surface area contributed by atoms with E-state index in [-0.39, 0.29) is 23.5 Å². The first-order valence-electron chi connectivity index (χ1n) is 10.2. The molecule has 176 valence electrons. The Hall–Kier alpha value is -4.62. The van der Waals surface area contributed by atoms with E-state index >= 15 is 0 Å². The normalized spacial score (nSPS) is 13.9. The minimum Gasteiger partial charge on any atom is -0.459 e. The largest absolute Gasteiger partial charge is 0.459 e. The molecule has 1 saturated heterocycles. The summed E-state index contributed by atoms with van der Waals surface area (Å²) < 4.78 is 47.6. The maximum Gasteiger partial charge on any atom is 0.343 e. The third-order valence-electron chi connectivity index (χ3n) is 4.84. The molecule has 0 bridgehead atoms. The predicted molar refractivity (Wildman–Crippen MR) is 113 cm³/mol. The second-order valence-corrected chi connectivity index (χ2v) is 7.28. The molecule has 0 spiro atoms. The highest BCUT2D eigenvalue weighted by Gasteiger charge is 2.32. The van der Waals surface area contributed by atoms with E-state index in [1.165, 1.54) is 42.5 Å². The zero-order valence-electron chi connectivity index (χ0n) is 17.8. The van der Waals surface area contributed by atoms with Gasteiger partial charge in [0.15, 0.2) is 17.7 Å². The van der Waals surface area contributed by atoms with Gasteiger partial charge >= 0.3 is 17.9 Å². The van der Waals surface area contributed by atoms with Crippen molar-refractivity contribution in [1.29, 1.82) is 5.26 Å². The van der Waals surface area contributed by atoms with Gasteiger partial charge in [0.05, 0.1) is 23.3 Å². The maximum absolute atomic E-state index is 13.9. The molecule has 0 N–H and O–H groups in total. The zero-order valence-corrected chi connectivity index (χ0v) is 17.8. The van der Waals surface area contributed by atoms with Crippen molar-refractivity contribution >= 4 is 17.9 Å². The Morgan fingerprint density at radius 3 is 2.09 bits per heavy atom. The Morgan fingerprint density at radius 1 is 0.886 bits per heavy atom. The summed E-state index contributed by atoms with van der Waals surface area (Å²) in [5.41, 5.74) is 0.393. The molecule has 10 heteroatoms. The van der Waals surface area contributed by atoms with Crippen LogP contribution >= 0.6 is 0 Å². The number of esters is 3. The monoisotopic (exact) mass is 479 g/mol. The predicted octanol–water partition coefficient (Wildman–Crippen LogP) is 3.72. The molecule has 1 heterocycles. The van der Waals surface area contributed by atoms with Gasteiger partial charge in [0.2, 0.25) is 5.82 Å². The van der Waals surface area contributed by atoms with E-state index < -0.39 is 47.0 Å². The van der Waals surface area contributed by atoms with Gasteiger partial charge in [-0.05, 0) is 54.1 Å². The Balaban J connectivity index is 1.33. The molecule has 8 nitrogen and oxygen atoms in total. The fourth-order valence-electron chi connectivity index (χ4n) is 2.85. The topological polar surface area (TPSA) is 115 Å². The number of hydrogen-bond donors (Lipinski definition) is 0. The van der Waals surface area contributed by atoms with Crippen molar-refractivity contribution in [1.82, 2.24) is 0 Å². The summed E-state index contributed by atoms with van der Waals surface area (Å²) in [5.74, 6) is -5.48. The van der Waals surface area contributed by atoms with Gasteiger partial charge in [0.25, 0.3) is 0 Å². The number of carbonyl (C=O) groups is 3. The number of benzene rings is 3. The lowest BCUT2D eigenvalue weighted by molar-refractivity contribution is -0.146. The van der Waals surface area contributed by atoms with Crippen LogP contribution in [0.4, 0.5) is 8.78 Å². The standard InChI is InChI=1S/C25H15F2NO7/c26-21-17(11-28)7-10-19(22(21)27)35-24(30)16-5-8-18(9-6-16)34-23(29)15-3-1-14(2-4-15)12-33-25(31)20-13-32-20/h1-10,20H,12-13H2. The fraction of sp³-hybridized carbons (Fsp3) is 0.120. The second-order valence-electron chi connectivity index (χ2n) is 7.28. The SMILES string of the molecule is N#Cc1ccc(OC(=O)c2ccc(OC(=O)c3ccc(COC(=O)C4CO4)cc3)cc2)c(F)c1F. The van der Waals surface area contributed by atoms with Crippen molar-refractivity contribution in [3.8, 4) is 17.6 Å². The van der Waals surface area contributed by atoms with Gasteiger partial charge in [-0.25, -0.2) is 18.8 Å². The second kappa shape index (κ2) is 10.1. The Labute approximate surface area is 197 Å². The smallest absolute Gasteiger partial charge is 0.343 e. The van der Waals surface area contributed by atoms with Crippen molar-refractivity contribution in [2.24, 2.45) is 0 Å². The lowest BCUT2D eigenvalue weighted by Gasteiger charge is -2.08. The van der Waals surface area contributed by atoms with E-state index in [1.807, 2.05) is 0 Å². The Morgan fingerprint density at radius 2 is 1.49 bits per heavy atom. The first kappa shape index (κ1) is 23.5. The maximum atomic E-state index is 13.9. The molecular formula is C25H15F2NO7. The van der Waals surface area contributed by atoms with Crippen LogP contribution in [0.2, 0.25) is 0 Å². The average molecular weight is 479 g/mol. The van der Waals surface area contributed by atoms with E-state index in [2.05, 4.69) is 0 Å². The molecule has 1 unspecified atom stereocenters. The first-order chi connectivity index (χ1) is 16.9. The number of rotatable bonds is 7. The number of epoxide rings is 1. The van der Waals surface area contributed by atoms with Gasteiger partial charge in [0, 0.05) is 0 Å². The van der Waals surface area contributed by atoms with Crippen molar-refractivity contribution in [2.75, 3.05) is 6.61 Å². The van der Waals surface area contributed by atoms with Crippen LogP contribution in [-0.2, 0) is 20.9 Å². The summed E-state index contributed by atoms with van der Waals surface area (Å²) >= 11 is 0. The first-order valence-corrected chi connectivity index (χ1v) is 10.2. The van der Waals surface area contributed by atoms with E-state index in [1.54, 1.807) is 12.1 Å². The molecule has 35 heavy (non-hydrogen) atoms. The molecule has 0 radical (unpaired) electrons. The van der Waals surface area contributed by atoms with Gasteiger partial charge in [-0.1, -0.05) is 12.1 Å². The Bertz CT molecular complexity index is 1330. The van der Waals surface area contributed by atoms with Gasteiger partial charge in [-0.2, -0.15) is 9.65 Å². The number of nitriles is 1. The van der Waals surface area contributed by atoms with Crippen LogP contribution in [0.5, 0.6) is 11.5 Å². The number of carbonyl (C=O) groups excluding carboxylic acids is 3. The number of nitrogens with zero attached hydrogens (tertiary/aromatic N) is 1. The average Bonchev–Trinajstić information content (AvgIpc) is 3.72. The highest BCUT2D eigenvalue weighted by atomic mass is 19.2. The molecule has 3 aromatic carbocycles. The summed E-state index contributed by atoms with van der Waals surface area (Å²) in [6.07, 6.45) is -0.488. The van der Waals surface area contributed by atoms with Crippen molar-refractivity contribution in [2.45, 2.75) is 12.7 Å². The quantitative estimate of drug-likeness (QED) is 0.286. The minimum atomic E-state index is -1.45. The number of halogens is 2. The molecule has 3 aromatic rings. The van der Waals surface area contributed by atoms with Gasteiger partial charge in [-0.15, -0.1) is 0 Å². The summed E-state index contributed by atoms with van der Waals surface area (Å²) in [6.45, 7) is 0.409. The molecule has 0 aromatic heterocycles. The van der Waals surface area contributed by atoms with Crippen molar-refractivity contribution < 1.29 is 42.1 Å². The number of hydrogen-bond acceptors (Lipinski definition) is 8. The zero-order chi connectivity index (χ0) is 24.9. The molecule has 1 aliphatic heterocycles. The van der Waals surface area contributed by atoms with Crippen LogP contribution in [0, 0.1) is 23.0 Å². The third kappa shape index (κ3) is 5.66. The summed E-state index contributed by atoms with van der Waals surface area (Å²) in [5, 5.41) is 8.70. The lowest BCUT2D eigenvalue weighted by Crippen LogP contribution is -2.12. The van der Waals surface area contributed by atoms with Crippen molar-refractivity contribution in [3.05, 3.63) is 94.6 Å². The molecule has 0 aliphatic carbocycles. The molecule has 4 rings (SSSR count). The third-order valence-corrected chi connectivity index (χ3v) is 4.84. The van der Waals surface area contributed by atoms with E-state index in [9.17, 15) is 23.2 Å². The highest BCUT2D eigenvalue weighted by molar-refractivity contribution is 5.92. The minimum absolute atomic E-state index is 0.00976. The van der Waals surface area contributed by atoms with Crippen LogP contribution in [-0.4, -0.2) is 30.6 Å². The highest BCUT2D eigenvalue weighted by Crippen LogP contribution is 2.24. The molecule has 1 fully saturated rings. The van der Waals surface area contributed by atoms with Crippen LogP contribution < -0.4 is 9.47 Å². The van der Waals surface area contributed by atoms with Gasteiger partial charge in [0.1, 0.15) is 18.4 Å². The van der Waals surface area contributed by atoms with E-state index in [0.29, 0.717) is 12.2 Å². The molecule has 1 aliphatic rings. The lowest BCUT2D eigenvalue weighted by atomic mass is 10.1. The molecule has 1 atom stereocenters. The Kier molecular flexibility index (Phi) is 6.80. The van der Waals surface area contributed by atoms with Crippen LogP contribution in [0.25, 0.3) is 0 Å².